The van der Waals surface area contributed by atoms with Gasteiger partial charge in [-0.1, -0.05) is 6.07 Å². The predicted molar refractivity (Wildman–Crippen MR) is 75.2 cm³/mol. The first-order valence-corrected chi connectivity index (χ1v) is 7.02. The Kier molecular flexibility index (Phi) is 3.12. The molecule has 0 bridgehead atoms. The Labute approximate surface area is 117 Å². The first-order valence-electron chi connectivity index (χ1n) is 7.02. The highest BCUT2D eigenvalue weighted by Gasteiger charge is 2.33. The third kappa shape index (κ3) is 2.03. The summed E-state index contributed by atoms with van der Waals surface area (Å²) in [6.45, 7) is 3.50. The fourth-order valence-corrected chi connectivity index (χ4v) is 3.08. The minimum Gasteiger partial charge on any atom is -0.478 e. The second kappa shape index (κ2) is 4.81. The number of aromatic carboxylic acids is 1. The lowest BCUT2D eigenvalue weighted by molar-refractivity contribution is 0.0697. The molecule has 0 aromatic heterocycles. The number of carboxylic acid groups (broad SMARTS) is 1. The number of anilines is 1. The fraction of sp³-hybridized carbons (Fsp3) is 0.467. The molecule has 2 amide bonds. The molecule has 1 aromatic carbocycles. The lowest BCUT2D eigenvalue weighted by Gasteiger charge is -2.28. The van der Waals surface area contributed by atoms with Crippen LogP contribution >= 0.6 is 0 Å². The number of rotatable bonds is 1. The van der Waals surface area contributed by atoms with Crippen molar-refractivity contribution in [3.05, 3.63) is 29.3 Å². The number of likely N-dealkylation sites (tertiary alicyclic amines) is 1. The van der Waals surface area contributed by atoms with Gasteiger partial charge in [0.1, 0.15) is 0 Å². The van der Waals surface area contributed by atoms with Crippen molar-refractivity contribution in [2.75, 3.05) is 18.0 Å². The van der Waals surface area contributed by atoms with Crippen molar-refractivity contribution in [1.29, 1.82) is 0 Å². The maximum atomic E-state index is 12.6. The van der Waals surface area contributed by atoms with E-state index in [2.05, 4.69) is 6.92 Å². The Hall–Kier alpha value is -2.04. The average molecular weight is 274 g/mol. The molecule has 1 fully saturated rings. The van der Waals surface area contributed by atoms with Gasteiger partial charge in [0.15, 0.2) is 0 Å². The van der Waals surface area contributed by atoms with Gasteiger partial charge in [-0.25, -0.2) is 9.59 Å². The topological polar surface area (TPSA) is 60.9 Å². The quantitative estimate of drug-likeness (QED) is 0.855. The van der Waals surface area contributed by atoms with Crippen molar-refractivity contribution in [2.45, 2.75) is 32.2 Å². The van der Waals surface area contributed by atoms with Crippen LogP contribution in [0.3, 0.4) is 0 Å². The van der Waals surface area contributed by atoms with Gasteiger partial charge in [-0.2, -0.15) is 0 Å². The summed E-state index contributed by atoms with van der Waals surface area (Å²) in [5.41, 5.74) is 2.04. The van der Waals surface area contributed by atoms with E-state index in [4.69, 9.17) is 5.11 Å². The molecule has 0 radical (unpaired) electrons. The standard InChI is InChI=1S/C15H18N2O3/c1-10-3-2-7-16(10)15(20)17-8-6-11-4-5-12(14(18)19)9-13(11)17/h4-5,9-10H,2-3,6-8H2,1H3,(H,18,19). The number of carboxylic acids is 1. The van der Waals surface area contributed by atoms with Gasteiger partial charge in [0.2, 0.25) is 0 Å². The molecule has 5 nitrogen and oxygen atoms in total. The van der Waals surface area contributed by atoms with E-state index in [1.165, 1.54) is 0 Å². The lowest BCUT2D eigenvalue weighted by Crippen LogP contribution is -2.44. The van der Waals surface area contributed by atoms with E-state index in [-0.39, 0.29) is 17.6 Å². The maximum Gasteiger partial charge on any atom is 0.335 e. The number of fused-ring (bicyclic) bond motifs is 1. The third-order valence-electron chi connectivity index (χ3n) is 4.26. The van der Waals surface area contributed by atoms with Crippen LogP contribution in [0.1, 0.15) is 35.7 Å². The molecule has 1 aromatic rings. The zero-order valence-corrected chi connectivity index (χ0v) is 11.5. The molecule has 1 atom stereocenters. The van der Waals surface area contributed by atoms with E-state index in [0.717, 1.165) is 37.1 Å². The molecule has 1 N–H and O–H groups in total. The number of hydrogen-bond donors (Lipinski definition) is 1. The van der Waals surface area contributed by atoms with Crippen LogP contribution in [0.4, 0.5) is 10.5 Å². The van der Waals surface area contributed by atoms with Crippen LogP contribution in [0.5, 0.6) is 0 Å². The van der Waals surface area contributed by atoms with Crippen molar-refractivity contribution in [3.8, 4) is 0 Å². The number of nitrogens with zero attached hydrogens (tertiary/aromatic N) is 2. The van der Waals surface area contributed by atoms with Gasteiger partial charge >= 0.3 is 12.0 Å². The Morgan fingerprint density at radius 2 is 2.10 bits per heavy atom. The van der Waals surface area contributed by atoms with Gasteiger partial charge in [-0.3, -0.25) is 4.90 Å². The van der Waals surface area contributed by atoms with E-state index in [9.17, 15) is 9.59 Å². The average Bonchev–Trinajstić information content (AvgIpc) is 3.03. The summed E-state index contributed by atoms with van der Waals surface area (Å²) in [6.07, 6.45) is 2.88. The fourth-order valence-electron chi connectivity index (χ4n) is 3.08. The smallest absolute Gasteiger partial charge is 0.335 e. The second-order valence-electron chi connectivity index (χ2n) is 5.52. The van der Waals surface area contributed by atoms with Gasteiger partial charge in [0.05, 0.1) is 5.56 Å². The molecule has 5 heteroatoms. The minimum absolute atomic E-state index is 0.0105. The molecular weight excluding hydrogens is 256 g/mol. The van der Waals surface area contributed by atoms with Crippen LogP contribution in [0.2, 0.25) is 0 Å². The van der Waals surface area contributed by atoms with Crippen molar-refractivity contribution >= 4 is 17.7 Å². The highest BCUT2D eigenvalue weighted by atomic mass is 16.4. The summed E-state index contributed by atoms with van der Waals surface area (Å²) >= 11 is 0. The molecule has 1 unspecified atom stereocenters. The van der Waals surface area contributed by atoms with Gasteiger partial charge < -0.3 is 10.0 Å². The molecule has 2 heterocycles. The largest absolute Gasteiger partial charge is 0.478 e. The van der Waals surface area contributed by atoms with E-state index >= 15 is 0 Å². The van der Waals surface area contributed by atoms with E-state index in [0.29, 0.717) is 6.54 Å². The van der Waals surface area contributed by atoms with Gasteiger partial charge in [-0.05, 0) is 43.9 Å². The van der Waals surface area contributed by atoms with Crippen molar-refractivity contribution in [2.24, 2.45) is 0 Å². The van der Waals surface area contributed by atoms with Crippen LogP contribution < -0.4 is 4.90 Å². The van der Waals surface area contributed by atoms with E-state index in [1.807, 2.05) is 11.0 Å². The van der Waals surface area contributed by atoms with Crippen LogP contribution in [0.25, 0.3) is 0 Å². The second-order valence-corrected chi connectivity index (χ2v) is 5.52. The normalized spacial score (nSPS) is 21.1. The molecule has 3 rings (SSSR count). The Morgan fingerprint density at radius 3 is 2.75 bits per heavy atom. The molecule has 0 aliphatic carbocycles. The van der Waals surface area contributed by atoms with Crippen LogP contribution in [0, 0.1) is 0 Å². The number of hydrogen-bond acceptors (Lipinski definition) is 2. The van der Waals surface area contributed by atoms with Crippen molar-refractivity contribution in [3.63, 3.8) is 0 Å². The molecule has 106 valence electrons. The monoisotopic (exact) mass is 274 g/mol. The first-order chi connectivity index (χ1) is 9.58. The van der Waals surface area contributed by atoms with Crippen LogP contribution in [0.15, 0.2) is 18.2 Å². The minimum atomic E-state index is -0.957. The molecule has 0 saturated carbocycles. The number of carbonyl (C=O) groups is 2. The summed E-state index contributed by atoms with van der Waals surface area (Å²) in [4.78, 5) is 27.3. The summed E-state index contributed by atoms with van der Waals surface area (Å²) < 4.78 is 0. The summed E-state index contributed by atoms with van der Waals surface area (Å²) in [5, 5.41) is 9.08. The first kappa shape index (κ1) is 13.0. The molecule has 0 spiro atoms. The molecule has 1 saturated heterocycles. The maximum absolute atomic E-state index is 12.6. The molecular formula is C15H18N2O3. The van der Waals surface area contributed by atoms with Crippen LogP contribution in [-0.2, 0) is 6.42 Å². The van der Waals surface area contributed by atoms with E-state index in [1.54, 1.807) is 17.0 Å². The van der Waals surface area contributed by atoms with E-state index < -0.39 is 5.97 Å². The Morgan fingerprint density at radius 1 is 1.30 bits per heavy atom. The van der Waals surface area contributed by atoms with Crippen molar-refractivity contribution < 1.29 is 14.7 Å². The molecule has 2 aliphatic rings. The van der Waals surface area contributed by atoms with Gasteiger partial charge in [0, 0.05) is 24.8 Å². The number of urea groups is 1. The Bertz CT molecular complexity index is 570. The highest BCUT2D eigenvalue weighted by Crippen LogP contribution is 2.31. The number of benzene rings is 1. The van der Waals surface area contributed by atoms with Gasteiger partial charge in [-0.15, -0.1) is 0 Å². The summed E-state index contributed by atoms with van der Waals surface area (Å²) in [7, 11) is 0. The molecule has 20 heavy (non-hydrogen) atoms. The SMILES string of the molecule is CC1CCCN1C(=O)N1CCc2ccc(C(=O)O)cc21. The zero-order valence-electron chi connectivity index (χ0n) is 11.5. The third-order valence-corrected chi connectivity index (χ3v) is 4.26. The van der Waals surface area contributed by atoms with Crippen LogP contribution in [-0.4, -0.2) is 41.1 Å². The number of carbonyl (C=O) groups excluding carboxylic acids is 1. The molecule has 2 aliphatic heterocycles. The summed E-state index contributed by atoms with van der Waals surface area (Å²) in [6, 6.07) is 5.32. The zero-order chi connectivity index (χ0) is 14.3. The number of amides is 2. The predicted octanol–water partition coefficient (Wildman–Crippen LogP) is 2.35. The van der Waals surface area contributed by atoms with Gasteiger partial charge in [0.25, 0.3) is 0 Å². The highest BCUT2D eigenvalue weighted by molar-refractivity contribution is 5.97. The van der Waals surface area contributed by atoms with Crippen molar-refractivity contribution in [1.82, 2.24) is 4.90 Å². The summed E-state index contributed by atoms with van der Waals surface area (Å²) in [5.74, 6) is -0.957. The lowest BCUT2D eigenvalue weighted by atomic mass is 10.1. The Balaban J connectivity index is 1.90.